The highest BCUT2D eigenvalue weighted by molar-refractivity contribution is 7.89. The number of hydrogen-bond acceptors (Lipinski definition) is 5. The fourth-order valence-corrected chi connectivity index (χ4v) is 5.66. The summed E-state index contributed by atoms with van der Waals surface area (Å²) in [5.74, 6) is -0.223. The van der Waals surface area contributed by atoms with Crippen LogP contribution in [0.15, 0.2) is 46.3 Å². The number of sulfonamides is 1. The lowest BCUT2D eigenvalue weighted by atomic mass is 10.1. The lowest BCUT2D eigenvalue weighted by Crippen LogP contribution is -2.50. The van der Waals surface area contributed by atoms with Gasteiger partial charge in [-0.25, -0.2) is 8.42 Å². The highest BCUT2D eigenvalue weighted by atomic mass is 35.5. The van der Waals surface area contributed by atoms with E-state index in [0.29, 0.717) is 37.9 Å². The van der Waals surface area contributed by atoms with Crippen molar-refractivity contribution < 1.29 is 13.2 Å². The third-order valence-corrected chi connectivity index (χ3v) is 7.37. The van der Waals surface area contributed by atoms with Gasteiger partial charge in [-0.2, -0.15) is 4.72 Å². The zero-order valence-electron chi connectivity index (χ0n) is 19.7. The van der Waals surface area contributed by atoms with Gasteiger partial charge < -0.3 is 21.3 Å². The lowest BCUT2D eigenvalue weighted by Gasteiger charge is -2.30. The molecule has 2 aromatic carbocycles. The van der Waals surface area contributed by atoms with E-state index in [2.05, 4.69) is 9.71 Å². The molecule has 0 bridgehead atoms. The number of halogens is 1. The number of nitrogens with two attached hydrogens (primary N) is 2. The molecule has 11 heteroatoms. The summed E-state index contributed by atoms with van der Waals surface area (Å²) in [5, 5.41) is 1.44. The molecule has 1 unspecified atom stereocenters. The van der Waals surface area contributed by atoms with E-state index in [0.717, 1.165) is 30.3 Å². The summed E-state index contributed by atoms with van der Waals surface area (Å²) in [7, 11) is -0.137. The molecule has 0 spiro atoms. The summed E-state index contributed by atoms with van der Waals surface area (Å²) in [6, 6.07) is 9.89. The quantitative estimate of drug-likeness (QED) is 0.268. The van der Waals surface area contributed by atoms with Crippen molar-refractivity contribution in [1.29, 1.82) is 0 Å². The molecule has 1 aliphatic rings. The summed E-state index contributed by atoms with van der Waals surface area (Å²) in [4.78, 5) is 21.1. The number of rotatable bonds is 9. The number of anilines is 1. The number of nitrogens with one attached hydrogen (secondary N) is 1. The second-order valence-electron chi connectivity index (χ2n) is 8.53. The van der Waals surface area contributed by atoms with Crippen LogP contribution in [0, 0.1) is 0 Å². The molecule has 3 rings (SSSR count). The lowest BCUT2D eigenvalue weighted by molar-refractivity contribution is -0.134. The molecule has 1 saturated heterocycles. The van der Waals surface area contributed by atoms with Crippen LogP contribution in [-0.4, -0.2) is 65.0 Å². The average molecular weight is 511 g/mol. The maximum absolute atomic E-state index is 13.5. The third-order valence-electron chi connectivity index (χ3n) is 5.84. The Labute approximate surface area is 208 Å². The fourth-order valence-electron chi connectivity index (χ4n) is 4.21. The normalized spacial score (nSPS) is 14.8. The topological polar surface area (TPSA) is 134 Å². The maximum Gasteiger partial charge on any atom is 0.241 e. The molecule has 1 aliphatic heterocycles. The van der Waals surface area contributed by atoms with Crippen LogP contribution in [0.25, 0.3) is 10.8 Å². The summed E-state index contributed by atoms with van der Waals surface area (Å²) in [6.45, 7) is 1.62. The Balaban J connectivity index is 0.00000408. The minimum absolute atomic E-state index is 0. The molecule has 1 amide bonds. The SMILES string of the molecule is CN(C)c1cccc2c(S(=O)(=O)NC(CCCN=C(N)N)C(=O)N3CCCCC3)cccc12.Cl. The van der Waals surface area contributed by atoms with Gasteiger partial charge in [0.25, 0.3) is 0 Å². The van der Waals surface area contributed by atoms with E-state index in [4.69, 9.17) is 11.5 Å². The molecule has 34 heavy (non-hydrogen) atoms. The molecule has 0 aromatic heterocycles. The first kappa shape index (κ1) is 27.7. The summed E-state index contributed by atoms with van der Waals surface area (Å²) >= 11 is 0. The minimum Gasteiger partial charge on any atom is -0.377 e. The van der Waals surface area contributed by atoms with Crippen molar-refractivity contribution >= 4 is 50.8 Å². The number of carbonyl (C=O) groups is 1. The van der Waals surface area contributed by atoms with Crippen molar-refractivity contribution in [3.8, 4) is 0 Å². The van der Waals surface area contributed by atoms with Crippen LogP contribution in [0.2, 0.25) is 0 Å². The monoisotopic (exact) mass is 510 g/mol. The molecule has 1 atom stereocenters. The summed E-state index contributed by atoms with van der Waals surface area (Å²) < 4.78 is 29.7. The van der Waals surface area contributed by atoms with Crippen LogP contribution in [0.1, 0.15) is 32.1 Å². The zero-order chi connectivity index (χ0) is 24.0. The number of fused-ring (bicyclic) bond motifs is 1. The maximum atomic E-state index is 13.5. The number of nitrogens with zero attached hydrogens (tertiary/aromatic N) is 3. The van der Waals surface area contributed by atoms with Crippen LogP contribution in [0.3, 0.4) is 0 Å². The first-order chi connectivity index (χ1) is 15.7. The van der Waals surface area contributed by atoms with Gasteiger partial charge in [-0.3, -0.25) is 9.79 Å². The van der Waals surface area contributed by atoms with E-state index in [9.17, 15) is 13.2 Å². The van der Waals surface area contributed by atoms with Gasteiger partial charge in [-0.15, -0.1) is 12.4 Å². The number of benzene rings is 2. The molecule has 1 fully saturated rings. The van der Waals surface area contributed by atoms with E-state index in [-0.39, 0.29) is 29.2 Å². The van der Waals surface area contributed by atoms with Gasteiger partial charge in [-0.1, -0.05) is 24.3 Å². The van der Waals surface area contributed by atoms with Gasteiger partial charge in [0, 0.05) is 50.2 Å². The summed E-state index contributed by atoms with van der Waals surface area (Å²) in [6.07, 6.45) is 3.71. The number of guanidine groups is 1. The molecule has 188 valence electrons. The van der Waals surface area contributed by atoms with Crippen molar-refractivity contribution in [2.75, 3.05) is 38.6 Å². The Bertz CT molecular complexity index is 1110. The van der Waals surface area contributed by atoms with Gasteiger partial charge in [0.05, 0.1) is 4.90 Å². The number of amides is 1. The molecule has 0 saturated carbocycles. The Morgan fingerprint density at radius 2 is 1.74 bits per heavy atom. The van der Waals surface area contributed by atoms with Crippen LogP contribution >= 0.6 is 12.4 Å². The number of likely N-dealkylation sites (tertiary alicyclic amines) is 1. The third kappa shape index (κ3) is 6.74. The van der Waals surface area contributed by atoms with E-state index in [1.54, 1.807) is 23.1 Å². The standard InChI is InChI=1S/C23H34N6O3S.ClH/c1-28(2)20-12-6-10-18-17(20)9-7-13-21(18)33(31,32)27-19(11-8-14-26-23(24)25)22(30)29-15-4-3-5-16-29;/h6-7,9-10,12-13,19,27H,3-5,8,11,14-16H2,1-2H3,(H4,24,25,26);1H. The smallest absolute Gasteiger partial charge is 0.241 e. The highest BCUT2D eigenvalue weighted by Gasteiger charge is 2.30. The van der Waals surface area contributed by atoms with Crippen molar-refractivity contribution in [2.24, 2.45) is 16.5 Å². The molecule has 9 nitrogen and oxygen atoms in total. The predicted molar refractivity (Wildman–Crippen MR) is 140 cm³/mol. The van der Waals surface area contributed by atoms with E-state index in [1.807, 2.05) is 37.2 Å². The van der Waals surface area contributed by atoms with Crippen LogP contribution in [0.5, 0.6) is 0 Å². The molecule has 2 aromatic rings. The van der Waals surface area contributed by atoms with Crippen LogP contribution in [-0.2, 0) is 14.8 Å². The molecular formula is C23H35ClN6O3S. The van der Waals surface area contributed by atoms with E-state index < -0.39 is 16.1 Å². The van der Waals surface area contributed by atoms with Crippen molar-refractivity contribution in [2.45, 2.75) is 43.0 Å². The largest absolute Gasteiger partial charge is 0.377 e. The zero-order valence-corrected chi connectivity index (χ0v) is 21.4. The van der Waals surface area contributed by atoms with Crippen molar-refractivity contribution in [3.63, 3.8) is 0 Å². The Kier molecular flexibility index (Phi) is 9.96. The number of piperidine rings is 1. The Hall–Kier alpha value is -2.56. The molecule has 0 aliphatic carbocycles. The molecule has 0 radical (unpaired) electrons. The molecular weight excluding hydrogens is 476 g/mol. The van der Waals surface area contributed by atoms with E-state index >= 15 is 0 Å². The second kappa shape index (κ2) is 12.2. The van der Waals surface area contributed by atoms with Gasteiger partial charge in [0.15, 0.2) is 5.96 Å². The second-order valence-corrected chi connectivity index (χ2v) is 10.2. The van der Waals surface area contributed by atoms with Crippen molar-refractivity contribution in [1.82, 2.24) is 9.62 Å². The first-order valence-electron chi connectivity index (χ1n) is 11.3. The van der Waals surface area contributed by atoms with Crippen LogP contribution in [0.4, 0.5) is 5.69 Å². The Morgan fingerprint density at radius 3 is 2.38 bits per heavy atom. The predicted octanol–water partition coefficient (Wildman–Crippen LogP) is 2.04. The van der Waals surface area contributed by atoms with E-state index in [1.165, 1.54) is 0 Å². The highest BCUT2D eigenvalue weighted by Crippen LogP contribution is 2.30. The van der Waals surface area contributed by atoms with Gasteiger partial charge >= 0.3 is 0 Å². The molecule has 5 N–H and O–H groups in total. The van der Waals surface area contributed by atoms with Crippen molar-refractivity contribution in [3.05, 3.63) is 36.4 Å². The molecule has 1 heterocycles. The van der Waals surface area contributed by atoms with Crippen LogP contribution < -0.4 is 21.1 Å². The average Bonchev–Trinajstić information content (AvgIpc) is 2.80. The first-order valence-corrected chi connectivity index (χ1v) is 12.7. The number of aliphatic imine (C=N–C) groups is 1. The fraction of sp³-hybridized carbons (Fsp3) is 0.478. The Morgan fingerprint density at radius 1 is 1.09 bits per heavy atom. The minimum atomic E-state index is -3.97. The van der Waals surface area contributed by atoms with Gasteiger partial charge in [0.2, 0.25) is 15.9 Å². The number of hydrogen-bond donors (Lipinski definition) is 3. The number of carbonyl (C=O) groups excluding carboxylic acids is 1. The summed E-state index contributed by atoms with van der Waals surface area (Å²) in [5.41, 5.74) is 11.7. The van der Waals surface area contributed by atoms with Gasteiger partial charge in [-0.05, 0) is 44.2 Å². The van der Waals surface area contributed by atoms with Gasteiger partial charge in [0.1, 0.15) is 6.04 Å².